The van der Waals surface area contributed by atoms with E-state index in [9.17, 15) is 4.79 Å². The van der Waals surface area contributed by atoms with Gasteiger partial charge in [0.25, 0.3) is 5.91 Å². The van der Waals surface area contributed by atoms with E-state index < -0.39 is 0 Å². The van der Waals surface area contributed by atoms with Crippen molar-refractivity contribution in [3.05, 3.63) is 53.9 Å². The molecular formula is C20H23N5O. The van der Waals surface area contributed by atoms with Crippen LogP contribution in [0.4, 0.5) is 5.95 Å². The van der Waals surface area contributed by atoms with E-state index in [1.54, 1.807) is 6.20 Å². The molecule has 6 nitrogen and oxygen atoms in total. The minimum Gasteiger partial charge on any atom is -0.358 e. The van der Waals surface area contributed by atoms with Crippen molar-refractivity contribution >= 4 is 22.9 Å². The zero-order valence-electron chi connectivity index (χ0n) is 14.9. The second-order valence-corrected chi connectivity index (χ2v) is 6.92. The molecule has 1 saturated carbocycles. The summed E-state index contributed by atoms with van der Waals surface area (Å²) >= 11 is 0. The van der Waals surface area contributed by atoms with Crippen molar-refractivity contribution in [1.29, 1.82) is 0 Å². The molecule has 2 aromatic heterocycles. The molecule has 2 heterocycles. The van der Waals surface area contributed by atoms with E-state index in [0.717, 1.165) is 25.0 Å². The number of aromatic nitrogens is 3. The Labute approximate surface area is 152 Å². The third-order valence-corrected chi connectivity index (χ3v) is 4.78. The van der Waals surface area contributed by atoms with Crippen LogP contribution in [0.5, 0.6) is 0 Å². The van der Waals surface area contributed by atoms with Crippen molar-refractivity contribution in [3.63, 3.8) is 0 Å². The Balaban J connectivity index is 1.53. The maximum atomic E-state index is 12.6. The van der Waals surface area contributed by atoms with Gasteiger partial charge in [-0.25, -0.2) is 9.97 Å². The van der Waals surface area contributed by atoms with Crippen LogP contribution >= 0.6 is 0 Å². The summed E-state index contributed by atoms with van der Waals surface area (Å²) in [6.07, 6.45) is 5.10. The van der Waals surface area contributed by atoms with E-state index in [-0.39, 0.29) is 5.91 Å². The summed E-state index contributed by atoms with van der Waals surface area (Å²) in [5.74, 6) is 1.07. The molecule has 134 valence electrons. The summed E-state index contributed by atoms with van der Waals surface area (Å²) in [4.78, 5) is 26.8. The minimum atomic E-state index is -0.135. The average Bonchev–Trinajstić information content (AvgIpc) is 3.39. The van der Waals surface area contributed by atoms with Crippen LogP contribution in [0, 0.1) is 5.92 Å². The number of hydrogen-bond acceptors (Lipinski definition) is 4. The van der Waals surface area contributed by atoms with Gasteiger partial charge in [0, 0.05) is 26.3 Å². The van der Waals surface area contributed by atoms with Crippen LogP contribution in [0.1, 0.15) is 28.9 Å². The first-order valence-electron chi connectivity index (χ1n) is 9.09. The number of likely N-dealkylation sites (N-methyl/N-ethyl adjacent to an activating group) is 1. The fraction of sp³-hybridized carbons (Fsp3) is 0.350. The number of H-pyrrole nitrogens is 1. The van der Waals surface area contributed by atoms with Crippen LogP contribution in [-0.2, 0) is 6.42 Å². The summed E-state index contributed by atoms with van der Waals surface area (Å²) in [6.45, 7) is 1.51. The molecule has 0 radical (unpaired) electrons. The van der Waals surface area contributed by atoms with Crippen LogP contribution in [-0.4, -0.2) is 41.0 Å². The van der Waals surface area contributed by atoms with Gasteiger partial charge in [0.15, 0.2) is 5.69 Å². The van der Waals surface area contributed by atoms with Gasteiger partial charge in [-0.1, -0.05) is 30.3 Å². The molecule has 1 fully saturated rings. The molecule has 0 bridgehead atoms. The first kappa shape index (κ1) is 16.6. The van der Waals surface area contributed by atoms with Gasteiger partial charge in [-0.05, 0) is 36.8 Å². The molecule has 0 saturated heterocycles. The summed E-state index contributed by atoms with van der Waals surface area (Å²) in [5, 5.41) is 3.00. The van der Waals surface area contributed by atoms with Gasteiger partial charge in [-0.2, -0.15) is 0 Å². The van der Waals surface area contributed by atoms with E-state index in [2.05, 4.69) is 32.4 Å². The largest absolute Gasteiger partial charge is 0.358 e. The fourth-order valence-corrected chi connectivity index (χ4v) is 2.95. The number of anilines is 1. The molecular weight excluding hydrogens is 326 g/mol. The monoisotopic (exact) mass is 349 g/mol. The number of nitrogens with zero attached hydrogens (tertiary/aromatic N) is 3. The van der Waals surface area contributed by atoms with Crippen LogP contribution < -0.4 is 10.2 Å². The Morgan fingerprint density at radius 3 is 2.81 bits per heavy atom. The Morgan fingerprint density at radius 2 is 2.04 bits per heavy atom. The van der Waals surface area contributed by atoms with Gasteiger partial charge in [0.05, 0.1) is 11.0 Å². The highest BCUT2D eigenvalue weighted by atomic mass is 16.1. The highest BCUT2D eigenvalue weighted by Gasteiger charge is 2.23. The Bertz CT molecular complexity index is 901. The summed E-state index contributed by atoms with van der Waals surface area (Å²) in [7, 11) is 1.96. The quantitative estimate of drug-likeness (QED) is 0.688. The number of aromatic amines is 1. The molecule has 0 aliphatic heterocycles. The number of nitrogens with one attached hydrogen (secondary N) is 2. The van der Waals surface area contributed by atoms with Crippen molar-refractivity contribution in [3.8, 4) is 0 Å². The van der Waals surface area contributed by atoms with Crippen LogP contribution in [0.25, 0.3) is 11.0 Å². The summed E-state index contributed by atoms with van der Waals surface area (Å²) in [5.41, 5.74) is 3.14. The molecule has 2 N–H and O–H groups in total. The second-order valence-electron chi connectivity index (χ2n) is 6.92. The SMILES string of the molecule is CN(CCc1ccccc1)c1nc(C(=O)NCC2CC2)c2[nH]ccc2n1. The Hall–Kier alpha value is -2.89. The first-order valence-corrected chi connectivity index (χ1v) is 9.09. The van der Waals surface area contributed by atoms with Crippen molar-refractivity contribution < 1.29 is 4.79 Å². The molecule has 1 amide bonds. The smallest absolute Gasteiger partial charge is 0.272 e. The molecule has 0 unspecified atom stereocenters. The van der Waals surface area contributed by atoms with Crippen LogP contribution in [0.3, 0.4) is 0 Å². The maximum Gasteiger partial charge on any atom is 0.272 e. The van der Waals surface area contributed by atoms with E-state index in [1.165, 1.54) is 18.4 Å². The topological polar surface area (TPSA) is 73.9 Å². The molecule has 26 heavy (non-hydrogen) atoms. The van der Waals surface area contributed by atoms with Gasteiger partial charge in [-0.3, -0.25) is 4.79 Å². The van der Waals surface area contributed by atoms with Gasteiger partial charge in [0.1, 0.15) is 0 Å². The van der Waals surface area contributed by atoms with E-state index >= 15 is 0 Å². The zero-order valence-corrected chi connectivity index (χ0v) is 14.9. The normalized spacial score (nSPS) is 13.7. The molecule has 1 aliphatic carbocycles. The molecule has 1 aliphatic rings. The molecule has 0 spiro atoms. The molecule has 4 rings (SSSR count). The lowest BCUT2D eigenvalue weighted by atomic mass is 10.1. The molecule has 1 aromatic carbocycles. The van der Waals surface area contributed by atoms with Crippen molar-refractivity contribution in [2.24, 2.45) is 5.92 Å². The summed E-state index contributed by atoms with van der Waals surface area (Å²) in [6, 6.07) is 12.2. The summed E-state index contributed by atoms with van der Waals surface area (Å²) < 4.78 is 0. The van der Waals surface area contributed by atoms with Crippen LogP contribution in [0.2, 0.25) is 0 Å². The van der Waals surface area contributed by atoms with Crippen molar-refractivity contribution in [2.75, 3.05) is 25.0 Å². The lowest BCUT2D eigenvalue weighted by Gasteiger charge is -2.18. The van der Waals surface area contributed by atoms with E-state index in [4.69, 9.17) is 0 Å². The van der Waals surface area contributed by atoms with Gasteiger partial charge >= 0.3 is 0 Å². The van der Waals surface area contributed by atoms with Gasteiger partial charge in [-0.15, -0.1) is 0 Å². The standard InChI is InChI=1S/C20H23N5O/c1-25(12-10-14-5-3-2-4-6-14)20-23-16-9-11-21-17(16)18(24-20)19(26)22-13-15-7-8-15/h2-6,9,11,15,21H,7-8,10,12-13H2,1H3,(H,22,26). The average molecular weight is 349 g/mol. The number of amides is 1. The Kier molecular flexibility index (Phi) is 4.56. The number of fused-ring (bicyclic) bond motifs is 1. The van der Waals surface area contributed by atoms with E-state index in [1.807, 2.05) is 36.2 Å². The minimum absolute atomic E-state index is 0.135. The predicted molar refractivity (Wildman–Crippen MR) is 102 cm³/mol. The Morgan fingerprint density at radius 1 is 1.23 bits per heavy atom. The number of carbonyl (C=O) groups excluding carboxylic acids is 1. The number of hydrogen-bond donors (Lipinski definition) is 2. The third-order valence-electron chi connectivity index (χ3n) is 4.78. The molecule has 6 heteroatoms. The van der Waals surface area contributed by atoms with E-state index in [0.29, 0.717) is 23.1 Å². The highest BCUT2D eigenvalue weighted by molar-refractivity contribution is 6.03. The fourth-order valence-electron chi connectivity index (χ4n) is 2.95. The number of rotatable bonds is 7. The van der Waals surface area contributed by atoms with Gasteiger partial charge < -0.3 is 15.2 Å². The predicted octanol–water partition coefficient (Wildman–Crippen LogP) is 2.78. The number of benzene rings is 1. The van der Waals surface area contributed by atoms with Gasteiger partial charge in [0.2, 0.25) is 5.95 Å². The first-order chi connectivity index (χ1) is 12.7. The molecule has 3 aromatic rings. The molecule has 0 atom stereocenters. The highest BCUT2D eigenvalue weighted by Crippen LogP contribution is 2.27. The second kappa shape index (κ2) is 7.15. The van der Waals surface area contributed by atoms with Crippen molar-refractivity contribution in [1.82, 2.24) is 20.3 Å². The zero-order chi connectivity index (χ0) is 17.9. The lowest BCUT2D eigenvalue weighted by molar-refractivity contribution is 0.0948. The third kappa shape index (κ3) is 3.69. The maximum absolute atomic E-state index is 12.6. The van der Waals surface area contributed by atoms with Crippen LogP contribution in [0.15, 0.2) is 42.6 Å². The van der Waals surface area contributed by atoms with Crippen molar-refractivity contribution in [2.45, 2.75) is 19.3 Å². The number of carbonyl (C=O) groups is 1. The lowest BCUT2D eigenvalue weighted by Crippen LogP contribution is -2.28.